The highest BCUT2D eigenvalue weighted by molar-refractivity contribution is 5.20. The number of hydrogen-bond donors (Lipinski definition) is 0. The maximum absolute atomic E-state index is 13.2. The molecule has 0 saturated carbocycles. The lowest BCUT2D eigenvalue weighted by Gasteiger charge is -2.31. The standard InChI is InChI=1S/C20H24FNO/c21-19-6-4-5-18(16-19)15-17-9-11-22(12-10-17)13-14-23-20-7-2-1-3-8-20/h1-8,16-17H,9-15H2. The molecule has 3 rings (SSSR count). The number of nitrogens with zero attached hydrogens (tertiary/aromatic N) is 1. The van der Waals surface area contributed by atoms with Crippen LogP contribution in [-0.2, 0) is 6.42 Å². The van der Waals surface area contributed by atoms with Crippen LogP contribution in [0.1, 0.15) is 18.4 Å². The number of ether oxygens (including phenoxy) is 1. The summed E-state index contributed by atoms with van der Waals surface area (Å²) in [6, 6.07) is 17.0. The Morgan fingerprint density at radius 3 is 2.52 bits per heavy atom. The second-order valence-electron chi connectivity index (χ2n) is 6.28. The Kier molecular flexibility index (Phi) is 5.65. The first-order valence-electron chi connectivity index (χ1n) is 8.44. The molecule has 1 heterocycles. The summed E-state index contributed by atoms with van der Waals surface area (Å²) in [5.41, 5.74) is 1.12. The number of benzene rings is 2. The minimum Gasteiger partial charge on any atom is -0.492 e. The van der Waals surface area contributed by atoms with Crippen LogP contribution < -0.4 is 4.74 Å². The maximum Gasteiger partial charge on any atom is 0.123 e. The number of piperidine rings is 1. The molecule has 0 unspecified atom stereocenters. The molecule has 0 atom stereocenters. The smallest absolute Gasteiger partial charge is 0.123 e. The molecule has 0 aliphatic carbocycles. The van der Waals surface area contributed by atoms with Crippen LogP contribution in [-0.4, -0.2) is 31.1 Å². The van der Waals surface area contributed by atoms with Gasteiger partial charge in [0.25, 0.3) is 0 Å². The van der Waals surface area contributed by atoms with E-state index in [1.54, 1.807) is 12.1 Å². The largest absolute Gasteiger partial charge is 0.492 e. The van der Waals surface area contributed by atoms with Crippen LogP contribution in [0.5, 0.6) is 5.75 Å². The predicted octanol–water partition coefficient (Wildman–Crippen LogP) is 4.16. The van der Waals surface area contributed by atoms with Gasteiger partial charge in [0.1, 0.15) is 18.2 Å². The molecule has 0 bridgehead atoms. The molecule has 1 aliphatic heterocycles. The predicted molar refractivity (Wildman–Crippen MR) is 91.2 cm³/mol. The number of para-hydroxylation sites is 1. The third-order valence-corrected chi connectivity index (χ3v) is 4.54. The van der Waals surface area contributed by atoms with Crippen molar-refractivity contribution >= 4 is 0 Å². The van der Waals surface area contributed by atoms with Crippen molar-refractivity contribution in [2.45, 2.75) is 19.3 Å². The Labute approximate surface area is 137 Å². The van der Waals surface area contributed by atoms with Gasteiger partial charge in [-0.25, -0.2) is 4.39 Å². The zero-order chi connectivity index (χ0) is 15.9. The highest BCUT2D eigenvalue weighted by atomic mass is 19.1. The molecule has 0 radical (unpaired) electrons. The summed E-state index contributed by atoms with van der Waals surface area (Å²) in [5.74, 6) is 1.48. The number of hydrogen-bond acceptors (Lipinski definition) is 2. The van der Waals surface area contributed by atoms with Crippen LogP contribution in [0.15, 0.2) is 54.6 Å². The lowest BCUT2D eigenvalue weighted by molar-refractivity contribution is 0.155. The van der Waals surface area contributed by atoms with Crippen LogP contribution in [0, 0.1) is 11.7 Å². The summed E-state index contributed by atoms with van der Waals surface area (Å²) in [6.07, 6.45) is 3.36. The van der Waals surface area contributed by atoms with Crippen LogP contribution in [0.25, 0.3) is 0 Å². The summed E-state index contributed by atoms with van der Waals surface area (Å²) in [5, 5.41) is 0. The zero-order valence-electron chi connectivity index (χ0n) is 13.5. The normalized spacial score (nSPS) is 16.4. The summed E-state index contributed by atoms with van der Waals surface area (Å²) in [4.78, 5) is 2.46. The molecule has 23 heavy (non-hydrogen) atoms. The van der Waals surface area contributed by atoms with Crippen LogP contribution >= 0.6 is 0 Å². The Balaban J connectivity index is 1.37. The van der Waals surface area contributed by atoms with E-state index in [2.05, 4.69) is 4.90 Å². The van der Waals surface area contributed by atoms with Gasteiger partial charge in [-0.3, -0.25) is 4.90 Å². The fourth-order valence-electron chi connectivity index (χ4n) is 3.22. The maximum atomic E-state index is 13.2. The van der Waals surface area contributed by atoms with Gasteiger partial charge >= 0.3 is 0 Å². The summed E-state index contributed by atoms with van der Waals surface area (Å²) >= 11 is 0. The molecule has 1 fully saturated rings. The first-order valence-corrected chi connectivity index (χ1v) is 8.44. The molecule has 3 heteroatoms. The molecule has 122 valence electrons. The van der Waals surface area contributed by atoms with Crippen LogP contribution in [0.3, 0.4) is 0 Å². The van der Waals surface area contributed by atoms with Gasteiger partial charge in [-0.05, 0) is 68.1 Å². The molecular weight excluding hydrogens is 289 g/mol. The molecule has 0 aromatic heterocycles. The lowest BCUT2D eigenvalue weighted by Crippen LogP contribution is -2.37. The number of rotatable bonds is 6. The second-order valence-corrected chi connectivity index (χ2v) is 6.28. The van der Waals surface area contributed by atoms with Gasteiger partial charge in [-0.2, -0.15) is 0 Å². The average molecular weight is 313 g/mol. The summed E-state index contributed by atoms with van der Waals surface area (Å²) in [6.45, 7) is 3.93. The Hall–Kier alpha value is -1.87. The Morgan fingerprint density at radius 2 is 1.78 bits per heavy atom. The second kappa shape index (κ2) is 8.11. The van der Waals surface area contributed by atoms with E-state index in [9.17, 15) is 4.39 Å². The Bertz CT molecular complexity index is 594. The molecule has 0 N–H and O–H groups in total. The monoisotopic (exact) mass is 313 g/mol. The third kappa shape index (κ3) is 5.07. The van der Waals surface area contributed by atoms with Gasteiger partial charge in [0.2, 0.25) is 0 Å². The van der Waals surface area contributed by atoms with Crippen LogP contribution in [0.4, 0.5) is 4.39 Å². The fraction of sp³-hybridized carbons (Fsp3) is 0.400. The molecule has 0 spiro atoms. The van der Waals surface area contributed by atoms with Gasteiger partial charge in [0.15, 0.2) is 0 Å². The lowest BCUT2D eigenvalue weighted by atomic mass is 9.90. The zero-order valence-corrected chi connectivity index (χ0v) is 13.5. The van der Waals surface area contributed by atoms with E-state index in [1.165, 1.54) is 18.9 Å². The van der Waals surface area contributed by atoms with Crippen molar-refractivity contribution in [1.29, 1.82) is 0 Å². The van der Waals surface area contributed by atoms with Crippen molar-refractivity contribution in [1.82, 2.24) is 4.90 Å². The minimum atomic E-state index is -0.127. The SMILES string of the molecule is Fc1cccc(CC2CCN(CCOc3ccccc3)CC2)c1. The van der Waals surface area contributed by atoms with Crippen molar-refractivity contribution in [2.24, 2.45) is 5.92 Å². The van der Waals surface area contributed by atoms with Crippen LogP contribution in [0.2, 0.25) is 0 Å². The van der Waals surface area contributed by atoms with E-state index >= 15 is 0 Å². The van der Waals surface area contributed by atoms with Crippen molar-refractivity contribution in [3.05, 3.63) is 66.0 Å². The fourth-order valence-corrected chi connectivity index (χ4v) is 3.22. The van der Waals surface area contributed by atoms with E-state index in [1.807, 2.05) is 36.4 Å². The summed E-state index contributed by atoms with van der Waals surface area (Å²) in [7, 11) is 0. The van der Waals surface area contributed by atoms with Gasteiger partial charge < -0.3 is 4.74 Å². The average Bonchev–Trinajstić information content (AvgIpc) is 2.58. The topological polar surface area (TPSA) is 12.5 Å². The van der Waals surface area contributed by atoms with Crippen molar-refractivity contribution in [3.63, 3.8) is 0 Å². The van der Waals surface area contributed by atoms with E-state index in [0.29, 0.717) is 5.92 Å². The summed E-state index contributed by atoms with van der Waals surface area (Å²) < 4.78 is 19.0. The number of halogens is 1. The van der Waals surface area contributed by atoms with E-state index in [4.69, 9.17) is 4.74 Å². The third-order valence-electron chi connectivity index (χ3n) is 4.54. The molecule has 2 aromatic carbocycles. The van der Waals surface area contributed by atoms with Gasteiger partial charge in [-0.15, -0.1) is 0 Å². The van der Waals surface area contributed by atoms with Crippen molar-refractivity contribution in [2.75, 3.05) is 26.2 Å². The minimum absolute atomic E-state index is 0.127. The first-order chi connectivity index (χ1) is 11.3. The molecule has 2 aromatic rings. The number of likely N-dealkylation sites (tertiary alicyclic amines) is 1. The molecule has 1 saturated heterocycles. The highest BCUT2D eigenvalue weighted by Gasteiger charge is 2.19. The molecule has 2 nitrogen and oxygen atoms in total. The van der Waals surface area contributed by atoms with Crippen molar-refractivity contribution < 1.29 is 9.13 Å². The van der Waals surface area contributed by atoms with Gasteiger partial charge in [0.05, 0.1) is 0 Å². The Morgan fingerprint density at radius 1 is 1.00 bits per heavy atom. The van der Waals surface area contributed by atoms with E-state index < -0.39 is 0 Å². The molecule has 1 aliphatic rings. The van der Waals surface area contributed by atoms with E-state index in [0.717, 1.165) is 44.0 Å². The van der Waals surface area contributed by atoms with Gasteiger partial charge in [-0.1, -0.05) is 30.3 Å². The molecular formula is C20H24FNO. The highest BCUT2D eigenvalue weighted by Crippen LogP contribution is 2.22. The quantitative estimate of drug-likeness (QED) is 0.794. The van der Waals surface area contributed by atoms with Gasteiger partial charge in [0, 0.05) is 6.54 Å². The molecule has 0 amide bonds. The van der Waals surface area contributed by atoms with Crippen molar-refractivity contribution in [3.8, 4) is 5.75 Å². The van der Waals surface area contributed by atoms with E-state index in [-0.39, 0.29) is 5.82 Å². The first kappa shape index (κ1) is 16.0.